The van der Waals surface area contributed by atoms with Gasteiger partial charge in [0.05, 0.1) is 0 Å². The number of hydrogen-bond donors (Lipinski definition) is 1. The molecule has 0 saturated heterocycles. The molecule has 0 aliphatic heterocycles. The van der Waals surface area contributed by atoms with Crippen LogP contribution in [0.3, 0.4) is 0 Å². The largest absolute Gasteiger partial charge is 0.376 e. The minimum Gasteiger partial charge on any atom is -0.376 e. The van der Waals surface area contributed by atoms with Crippen LogP contribution in [0.15, 0.2) is 0 Å². The van der Waals surface area contributed by atoms with E-state index in [0.717, 1.165) is 0 Å². The van der Waals surface area contributed by atoms with Crippen molar-refractivity contribution >= 4 is 28.0 Å². The van der Waals surface area contributed by atoms with Crippen molar-refractivity contribution in [3.63, 3.8) is 0 Å². The number of carbonyl (C=O) groups excluding carboxylic acids is 1. The molecule has 75 valence electrons. The summed E-state index contributed by atoms with van der Waals surface area (Å²) in [6.07, 6.45) is -0.436. The fourth-order valence-electron chi connectivity index (χ4n) is 0.878. The standard InChI is InChI=1S/C7H13O4SSi/c1-9-5(4-6(8)12)7(13,10-2)11-3/h5H,4H2,1-3H3,(H,8,12). The van der Waals surface area contributed by atoms with E-state index in [4.69, 9.17) is 14.2 Å². The second kappa shape index (κ2) is 5.76. The topological polar surface area (TPSA) is 44.8 Å². The highest BCUT2D eigenvalue weighted by atomic mass is 32.1. The lowest BCUT2D eigenvalue weighted by atomic mass is 10.2. The summed E-state index contributed by atoms with van der Waals surface area (Å²) in [7, 11) is 7.60. The van der Waals surface area contributed by atoms with Gasteiger partial charge in [-0.05, 0) is 0 Å². The van der Waals surface area contributed by atoms with Gasteiger partial charge < -0.3 is 14.2 Å². The molecular weight excluding hydrogens is 208 g/mol. The molecule has 0 aliphatic rings. The summed E-state index contributed by atoms with van der Waals surface area (Å²) in [4.78, 5) is 10.7. The molecule has 0 spiro atoms. The minimum absolute atomic E-state index is 0.102. The molecule has 0 rings (SSSR count). The van der Waals surface area contributed by atoms with Gasteiger partial charge in [0.25, 0.3) is 0 Å². The first-order chi connectivity index (χ1) is 6.00. The lowest BCUT2D eigenvalue weighted by molar-refractivity contribution is -0.208. The van der Waals surface area contributed by atoms with Crippen molar-refractivity contribution in [1.82, 2.24) is 0 Å². The first-order valence-corrected chi connectivity index (χ1v) is 4.54. The van der Waals surface area contributed by atoms with Gasteiger partial charge in [0.15, 0.2) is 10.5 Å². The minimum atomic E-state index is -1.10. The lowest BCUT2D eigenvalue weighted by Crippen LogP contribution is -2.48. The van der Waals surface area contributed by atoms with E-state index in [2.05, 4.69) is 22.9 Å². The average molecular weight is 221 g/mol. The van der Waals surface area contributed by atoms with Crippen molar-refractivity contribution in [3.8, 4) is 0 Å². The van der Waals surface area contributed by atoms with E-state index in [1.807, 2.05) is 0 Å². The normalized spacial score (nSPS) is 14.2. The second-order valence-corrected chi connectivity index (χ2v) is 3.59. The number of ether oxygens (including phenoxy) is 3. The molecule has 0 aliphatic carbocycles. The van der Waals surface area contributed by atoms with Crippen LogP contribution >= 0.6 is 12.6 Å². The molecule has 0 bridgehead atoms. The molecule has 3 radical (unpaired) electrons. The molecule has 1 atom stereocenters. The molecule has 13 heavy (non-hydrogen) atoms. The van der Waals surface area contributed by atoms with E-state index in [0.29, 0.717) is 0 Å². The highest BCUT2D eigenvalue weighted by Crippen LogP contribution is 2.18. The van der Waals surface area contributed by atoms with Gasteiger partial charge in [-0.3, -0.25) is 4.79 Å². The quantitative estimate of drug-likeness (QED) is 0.388. The lowest BCUT2D eigenvalue weighted by Gasteiger charge is -2.33. The van der Waals surface area contributed by atoms with Gasteiger partial charge in [0.2, 0.25) is 0 Å². The Labute approximate surface area is 86.8 Å². The maximum atomic E-state index is 10.7. The first kappa shape index (κ1) is 13.1. The van der Waals surface area contributed by atoms with Gasteiger partial charge in [-0.15, -0.1) is 12.6 Å². The van der Waals surface area contributed by atoms with E-state index >= 15 is 0 Å². The highest BCUT2D eigenvalue weighted by molar-refractivity contribution is 7.96. The number of carbonyl (C=O) groups is 1. The van der Waals surface area contributed by atoms with Crippen molar-refractivity contribution in [2.75, 3.05) is 21.3 Å². The van der Waals surface area contributed by atoms with Crippen molar-refractivity contribution in [2.45, 2.75) is 17.9 Å². The van der Waals surface area contributed by atoms with Gasteiger partial charge in [0, 0.05) is 27.8 Å². The number of thiol groups is 1. The van der Waals surface area contributed by atoms with Crippen molar-refractivity contribution in [1.29, 1.82) is 0 Å². The van der Waals surface area contributed by atoms with Crippen molar-refractivity contribution in [3.05, 3.63) is 0 Å². The van der Waals surface area contributed by atoms with E-state index in [1.54, 1.807) is 0 Å². The second-order valence-electron chi connectivity index (χ2n) is 2.40. The molecular formula is C7H13O4SSi. The molecule has 0 aromatic carbocycles. The van der Waals surface area contributed by atoms with Crippen LogP contribution in [-0.4, -0.2) is 48.2 Å². The maximum Gasteiger partial charge on any atom is 0.188 e. The Morgan fingerprint density at radius 3 is 2.15 bits per heavy atom. The zero-order valence-electron chi connectivity index (χ0n) is 7.86. The fraction of sp³-hybridized carbons (Fsp3) is 0.857. The summed E-state index contributed by atoms with van der Waals surface area (Å²) < 4.78 is 15.1. The Morgan fingerprint density at radius 2 is 1.92 bits per heavy atom. The van der Waals surface area contributed by atoms with Crippen LogP contribution in [0.25, 0.3) is 0 Å². The zero-order valence-corrected chi connectivity index (χ0v) is 9.76. The first-order valence-electron chi connectivity index (χ1n) is 3.60. The molecule has 0 heterocycles. The number of rotatable bonds is 6. The predicted octanol–water partition coefficient (Wildman–Crippen LogP) is -0.0370. The predicted molar refractivity (Wildman–Crippen MR) is 51.9 cm³/mol. The Bertz CT molecular complexity index is 172. The molecule has 6 heteroatoms. The third kappa shape index (κ3) is 3.78. The fourth-order valence-corrected chi connectivity index (χ4v) is 1.26. The van der Waals surface area contributed by atoms with Gasteiger partial charge in [0.1, 0.15) is 16.3 Å². The van der Waals surface area contributed by atoms with Crippen LogP contribution < -0.4 is 0 Å². The van der Waals surface area contributed by atoms with E-state index < -0.39 is 11.5 Å². The maximum absolute atomic E-state index is 10.7. The molecule has 0 fully saturated rings. The zero-order chi connectivity index (χ0) is 10.5. The van der Waals surface area contributed by atoms with E-state index in [-0.39, 0.29) is 11.5 Å². The molecule has 0 amide bonds. The molecule has 0 aromatic heterocycles. The third-order valence-corrected chi connectivity index (χ3v) is 2.59. The van der Waals surface area contributed by atoms with Gasteiger partial charge in [-0.2, -0.15) is 0 Å². The van der Waals surface area contributed by atoms with Gasteiger partial charge in [-0.25, -0.2) is 0 Å². The Balaban J connectivity index is 4.42. The average Bonchev–Trinajstić information content (AvgIpc) is 2.12. The van der Waals surface area contributed by atoms with E-state index in [1.165, 1.54) is 21.3 Å². The molecule has 1 unspecified atom stereocenters. The summed E-state index contributed by atoms with van der Waals surface area (Å²) in [5.74, 6) is 0. The monoisotopic (exact) mass is 221 g/mol. The SMILES string of the molecule is COC(CC(=O)S)C([Si])(OC)OC. The summed E-state index contributed by atoms with van der Waals surface area (Å²) in [5, 5.41) is -0.288. The smallest absolute Gasteiger partial charge is 0.188 e. The van der Waals surface area contributed by atoms with Crippen LogP contribution in [0, 0.1) is 0 Å². The Kier molecular flexibility index (Phi) is 5.82. The van der Waals surface area contributed by atoms with Crippen LogP contribution in [-0.2, 0) is 19.0 Å². The van der Waals surface area contributed by atoms with Crippen LogP contribution in [0.2, 0.25) is 0 Å². The van der Waals surface area contributed by atoms with Gasteiger partial charge >= 0.3 is 0 Å². The molecule has 0 N–H and O–H groups in total. The molecule has 0 aromatic rings. The molecule has 0 saturated carbocycles. The van der Waals surface area contributed by atoms with E-state index in [9.17, 15) is 4.79 Å². The van der Waals surface area contributed by atoms with Gasteiger partial charge in [-0.1, -0.05) is 0 Å². The number of hydrogen-bond acceptors (Lipinski definition) is 4. The summed E-state index contributed by atoms with van der Waals surface area (Å²) >= 11 is 3.65. The van der Waals surface area contributed by atoms with Crippen LogP contribution in [0.1, 0.15) is 6.42 Å². The van der Waals surface area contributed by atoms with Crippen LogP contribution in [0.4, 0.5) is 0 Å². The Morgan fingerprint density at radius 1 is 1.46 bits per heavy atom. The number of methoxy groups -OCH3 is 3. The van der Waals surface area contributed by atoms with Crippen molar-refractivity contribution in [2.24, 2.45) is 0 Å². The summed E-state index contributed by atoms with van der Waals surface area (Å²) in [5.41, 5.74) is -1.10. The summed E-state index contributed by atoms with van der Waals surface area (Å²) in [6.45, 7) is 0. The van der Waals surface area contributed by atoms with Crippen LogP contribution in [0.5, 0.6) is 0 Å². The Hall–Kier alpha value is 0.117. The van der Waals surface area contributed by atoms with Crippen molar-refractivity contribution < 1.29 is 19.0 Å². The highest BCUT2D eigenvalue weighted by Gasteiger charge is 2.35. The summed E-state index contributed by atoms with van der Waals surface area (Å²) in [6, 6.07) is 0. The molecule has 4 nitrogen and oxygen atoms in total. The third-order valence-electron chi connectivity index (χ3n) is 1.67.